The van der Waals surface area contributed by atoms with E-state index in [-0.39, 0.29) is 30.0 Å². The number of nitrogens with one attached hydrogen (secondary N) is 2. The van der Waals surface area contributed by atoms with Crippen molar-refractivity contribution in [3.05, 3.63) is 47.3 Å². The molecule has 8 nitrogen and oxygen atoms in total. The fraction of sp³-hybridized carbons (Fsp3) is 0.333. The summed E-state index contributed by atoms with van der Waals surface area (Å²) < 4.78 is 5.19. The van der Waals surface area contributed by atoms with Gasteiger partial charge < -0.3 is 20.3 Å². The first kappa shape index (κ1) is 19.2. The fourth-order valence-corrected chi connectivity index (χ4v) is 2.02. The van der Waals surface area contributed by atoms with E-state index in [1.165, 1.54) is 12.1 Å². The number of carbonyl (C=O) groups is 3. The highest BCUT2D eigenvalue weighted by Gasteiger charge is 2.22. The normalized spacial score (nSPS) is 11.0. The molecule has 0 aliphatic rings. The van der Waals surface area contributed by atoms with E-state index < -0.39 is 11.9 Å². The highest BCUT2D eigenvalue weighted by molar-refractivity contribution is 6.03. The summed E-state index contributed by atoms with van der Waals surface area (Å²) in [7, 11) is 0. The summed E-state index contributed by atoms with van der Waals surface area (Å²) in [5.74, 6) is -1.17. The Morgan fingerprint density at radius 1 is 1.12 bits per heavy atom. The summed E-state index contributed by atoms with van der Waals surface area (Å²) in [6.45, 7) is 5.91. The quantitative estimate of drug-likeness (QED) is 0.728. The van der Waals surface area contributed by atoms with E-state index in [1.54, 1.807) is 18.2 Å². The van der Waals surface area contributed by atoms with E-state index in [0.29, 0.717) is 17.0 Å². The highest BCUT2D eigenvalue weighted by Crippen LogP contribution is 2.23. The Bertz CT molecular complexity index is 803. The summed E-state index contributed by atoms with van der Waals surface area (Å²) in [6, 6.07) is 7.83. The van der Waals surface area contributed by atoms with Gasteiger partial charge in [0.05, 0.1) is 6.42 Å². The first-order chi connectivity index (χ1) is 12.2. The lowest BCUT2D eigenvalue weighted by molar-refractivity contribution is -0.136. The monoisotopic (exact) mass is 359 g/mol. The molecule has 0 atom stereocenters. The molecule has 0 aliphatic heterocycles. The summed E-state index contributed by atoms with van der Waals surface area (Å²) in [5, 5.41) is 17.5. The van der Waals surface area contributed by atoms with Crippen molar-refractivity contribution < 1.29 is 24.0 Å². The number of aromatic nitrogens is 1. The second kappa shape index (κ2) is 7.81. The summed E-state index contributed by atoms with van der Waals surface area (Å²) in [6.07, 6.45) is -0.145. The van der Waals surface area contributed by atoms with Gasteiger partial charge in [0, 0.05) is 29.3 Å². The average Bonchev–Trinajstić information content (AvgIpc) is 3.05. The number of aliphatic carboxylic acids is 1. The standard InChI is InChI=1S/C18H21N3O5/c1-18(2,3)14-10-13(21-26-14)17(25)20-12-6-4-11(5-7-12)16(24)19-9-8-15(22)23/h4-7,10H,8-9H2,1-3H3,(H,19,24)(H,20,25)(H,22,23). The van der Waals surface area contributed by atoms with Crippen LogP contribution in [0.25, 0.3) is 0 Å². The third-order valence-corrected chi connectivity index (χ3v) is 3.51. The number of hydrogen-bond donors (Lipinski definition) is 3. The third-order valence-electron chi connectivity index (χ3n) is 3.51. The Labute approximate surface area is 150 Å². The molecule has 2 aromatic rings. The van der Waals surface area contributed by atoms with Crippen LogP contribution < -0.4 is 10.6 Å². The van der Waals surface area contributed by atoms with Gasteiger partial charge in [0.25, 0.3) is 11.8 Å². The largest absolute Gasteiger partial charge is 0.481 e. The van der Waals surface area contributed by atoms with Crippen LogP contribution >= 0.6 is 0 Å². The zero-order valence-corrected chi connectivity index (χ0v) is 14.8. The van der Waals surface area contributed by atoms with Crippen LogP contribution in [0.3, 0.4) is 0 Å². The van der Waals surface area contributed by atoms with Gasteiger partial charge in [-0.2, -0.15) is 0 Å². The van der Waals surface area contributed by atoms with E-state index in [2.05, 4.69) is 15.8 Å². The molecule has 2 amide bonds. The minimum absolute atomic E-state index is 0.0505. The average molecular weight is 359 g/mol. The minimum atomic E-state index is -0.981. The van der Waals surface area contributed by atoms with E-state index in [9.17, 15) is 14.4 Å². The molecule has 26 heavy (non-hydrogen) atoms. The number of benzene rings is 1. The summed E-state index contributed by atoms with van der Waals surface area (Å²) in [5.41, 5.74) is 0.786. The van der Waals surface area contributed by atoms with Gasteiger partial charge >= 0.3 is 5.97 Å². The second-order valence-electron chi connectivity index (χ2n) is 6.76. The van der Waals surface area contributed by atoms with Gasteiger partial charge in [-0.25, -0.2) is 0 Å². The van der Waals surface area contributed by atoms with E-state index in [4.69, 9.17) is 9.63 Å². The molecule has 2 rings (SSSR count). The van der Waals surface area contributed by atoms with Gasteiger partial charge in [0.15, 0.2) is 5.69 Å². The SMILES string of the molecule is CC(C)(C)c1cc(C(=O)Nc2ccc(C(=O)NCCC(=O)O)cc2)no1. The fourth-order valence-electron chi connectivity index (χ4n) is 2.02. The van der Waals surface area contributed by atoms with Gasteiger partial charge in [-0.3, -0.25) is 14.4 Å². The van der Waals surface area contributed by atoms with Crippen LogP contribution in [0.1, 0.15) is 53.8 Å². The highest BCUT2D eigenvalue weighted by atomic mass is 16.5. The van der Waals surface area contributed by atoms with Crippen LogP contribution in [0, 0.1) is 0 Å². The predicted octanol–water partition coefficient (Wildman–Crippen LogP) is 2.43. The molecule has 1 heterocycles. The van der Waals surface area contributed by atoms with E-state index >= 15 is 0 Å². The van der Waals surface area contributed by atoms with Crippen molar-refractivity contribution in [3.8, 4) is 0 Å². The number of nitrogens with zero attached hydrogens (tertiary/aromatic N) is 1. The van der Waals surface area contributed by atoms with Gasteiger partial charge in [-0.1, -0.05) is 25.9 Å². The molecule has 0 saturated heterocycles. The number of hydrogen-bond acceptors (Lipinski definition) is 5. The van der Waals surface area contributed by atoms with E-state index in [0.717, 1.165) is 0 Å². The van der Waals surface area contributed by atoms with Crippen molar-refractivity contribution in [2.24, 2.45) is 0 Å². The van der Waals surface area contributed by atoms with Gasteiger partial charge in [0.1, 0.15) is 5.76 Å². The predicted molar refractivity (Wildman–Crippen MR) is 94.2 cm³/mol. The van der Waals surface area contributed by atoms with Gasteiger partial charge in [0.2, 0.25) is 0 Å². The molecule has 0 radical (unpaired) electrons. The van der Waals surface area contributed by atoms with Crippen molar-refractivity contribution in [2.75, 3.05) is 11.9 Å². The maximum absolute atomic E-state index is 12.2. The van der Waals surface area contributed by atoms with Crippen LogP contribution in [0.4, 0.5) is 5.69 Å². The molecule has 0 spiro atoms. The number of carboxylic acids is 1. The van der Waals surface area contributed by atoms with Gasteiger partial charge in [-0.15, -0.1) is 0 Å². The number of anilines is 1. The summed E-state index contributed by atoms with van der Waals surface area (Å²) in [4.78, 5) is 34.5. The zero-order chi connectivity index (χ0) is 19.3. The first-order valence-corrected chi connectivity index (χ1v) is 8.05. The lowest BCUT2D eigenvalue weighted by Gasteiger charge is -2.12. The van der Waals surface area contributed by atoms with Crippen LogP contribution in [-0.4, -0.2) is 34.6 Å². The Balaban J connectivity index is 1.96. The number of rotatable bonds is 6. The molecule has 0 aliphatic carbocycles. The second-order valence-corrected chi connectivity index (χ2v) is 6.76. The zero-order valence-electron chi connectivity index (χ0n) is 14.8. The molecular weight excluding hydrogens is 338 g/mol. The van der Waals surface area contributed by atoms with Crippen molar-refractivity contribution in [1.29, 1.82) is 0 Å². The van der Waals surface area contributed by atoms with Crippen LogP contribution in [0.2, 0.25) is 0 Å². The van der Waals surface area contributed by atoms with Crippen molar-refractivity contribution in [1.82, 2.24) is 10.5 Å². The maximum Gasteiger partial charge on any atom is 0.305 e. The van der Waals surface area contributed by atoms with Crippen LogP contribution in [0.5, 0.6) is 0 Å². The molecular formula is C18H21N3O5. The van der Waals surface area contributed by atoms with Crippen molar-refractivity contribution in [3.63, 3.8) is 0 Å². The van der Waals surface area contributed by atoms with Crippen LogP contribution in [0.15, 0.2) is 34.9 Å². The lowest BCUT2D eigenvalue weighted by atomic mass is 9.93. The maximum atomic E-state index is 12.2. The molecule has 3 N–H and O–H groups in total. The number of amides is 2. The molecule has 0 bridgehead atoms. The Morgan fingerprint density at radius 2 is 1.77 bits per heavy atom. The molecule has 1 aromatic carbocycles. The number of carboxylic acid groups (broad SMARTS) is 1. The Kier molecular flexibility index (Phi) is 5.76. The van der Waals surface area contributed by atoms with Gasteiger partial charge in [-0.05, 0) is 24.3 Å². The first-order valence-electron chi connectivity index (χ1n) is 8.05. The molecule has 0 saturated carbocycles. The third kappa shape index (κ3) is 5.17. The molecule has 138 valence electrons. The Hall–Kier alpha value is -3.16. The lowest BCUT2D eigenvalue weighted by Crippen LogP contribution is -2.25. The van der Waals surface area contributed by atoms with Crippen molar-refractivity contribution in [2.45, 2.75) is 32.6 Å². The Morgan fingerprint density at radius 3 is 2.31 bits per heavy atom. The van der Waals surface area contributed by atoms with E-state index in [1.807, 2.05) is 20.8 Å². The smallest absolute Gasteiger partial charge is 0.305 e. The number of carbonyl (C=O) groups excluding carboxylic acids is 2. The molecule has 0 fully saturated rings. The van der Waals surface area contributed by atoms with Crippen LogP contribution in [-0.2, 0) is 10.2 Å². The topological polar surface area (TPSA) is 122 Å². The van der Waals surface area contributed by atoms with Crippen molar-refractivity contribution >= 4 is 23.5 Å². The molecule has 8 heteroatoms. The summed E-state index contributed by atoms with van der Waals surface area (Å²) >= 11 is 0. The molecule has 0 unspecified atom stereocenters. The minimum Gasteiger partial charge on any atom is -0.481 e. The molecule has 1 aromatic heterocycles.